The molecular formula is C17H11N5O3S. The third-order valence-electron chi connectivity index (χ3n) is 3.69. The molecule has 0 bridgehead atoms. The predicted octanol–water partition coefficient (Wildman–Crippen LogP) is 1.76. The van der Waals surface area contributed by atoms with E-state index in [-0.39, 0.29) is 11.4 Å². The highest BCUT2D eigenvalue weighted by Crippen LogP contribution is 2.26. The molecule has 4 rings (SSSR count). The molecule has 26 heavy (non-hydrogen) atoms. The predicted molar refractivity (Wildman–Crippen MR) is 97.6 cm³/mol. The second-order valence-corrected chi connectivity index (χ2v) is 6.39. The van der Waals surface area contributed by atoms with Gasteiger partial charge in [0.2, 0.25) is 10.7 Å². The lowest BCUT2D eigenvalue weighted by Crippen LogP contribution is -2.17. The highest BCUT2D eigenvalue weighted by molar-refractivity contribution is 7.19. The second-order valence-electron chi connectivity index (χ2n) is 5.43. The Labute approximate surface area is 150 Å². The summed E-state index contributed by atoms with van der Waals surface area (Å²) in [6.07, 6.45) is 8.73. The van der Waals surface area contributed by atoms with Crippen LogP contribution in [-0.4, -0.2) is 30.5 Å². The number of rotatable bonds is 2. The number of allylic oxidation sites excluding steroid dienone is 4. The monoisotopic (exact) mass is 365 g/mol. The van der Waals surface area contributed by atoms with E-state index in [0.717, 1.165) is 5.56 Å². The third-order valence-corrected chi connectivity index (χ3v) is 4.65. The summed E-state index contributed by atoms with van der Waals surface area (Å²) < 4.78 is 1.39. The molecule has 0 aliphatic heterocycles. The maximum atomic E-state index is 12.4. The van der Waals surface area contributed by atoms with Crippen LogP contribution >= 0.6 is 11.3 Å². The molecule has 0 radical (unpaired) electrons. The van der Waals surface area contributed by atoms with E-state index in [1.165, 1.54) is 40.2 Å². The molecule has 3 N–H and O–H groups in total. The summed E-state index contributed by atoms with van der Waals surface area (Å²) in [7, 11) is 0. The fraction of sp³-hybridized carbons (Fsp3) is 0. The maximum Gasteiger partial charge on any atom is 0.283 e. The van der Waals surface area contributed by atoms with Crippen molar-refractivity contribution < 1.29 is 9.90 Å². The van der Waals surface area contributed by atoms with Crippen LogP contribution in [-0.2, 0) is 4.79 Å². The summed E-state index contributed by atoms with van der Waals surface area (Å²) in [6, 6.07) is 3.63. The number of carbonyl (C=O) groups excluding carboxylic acids is 1. The van der Waals surface area contributed by atoms with Gasteiger partial charge in [0, 0.05) is 18.0 Å². The first kappa shape index (κ1) is 15.9. The summed E-state index contributed by atoms with van der Waals surface area (Å²) in [5.41, 5.74) is 6.97. The van der Waals surface area contributed by atoms with Crippen LogP contribution in [0.4, 0.5) is 5.82 Å². The molecule has 0 saturated carbocycles. The standard InChI is InChI=1S/C17H11N5O3S/c18-14-11(6-9-3-4-12(23)13(24)7-9)15(25)20-17-22(14)21-16(26-17)10-2-1-5-19-8-10/h1-8,24H,18H2. The van der Waals surface area contributed by atoms with E-state index < -0.39 is 17.1 Å². The van der Waals surface area contributed by atoms with Crippen LogP contribution in [0, 0.1) is 0 Å². The van der Waals surface area contributed by atoms with Crippen molar-refractivity contribution >= 4 is 34.0 Å². The number of nitrogens with zero attached hydrogens (tertiary/aromatic N) is 4. The van der Waals surface area contributed by atoms with Crippen molar-refractivity contribution in [1.29, 1.82) is 0 Å². The fourth-order valence-electron chi connectivity index (χ4n) is 2.41. The molecule has 3 aromatic rings. The molecule has 9 heteroatoms. The van der Waals surface area contributed by atoms with Crippen molar-refractivity contribution in [2.75, 3.05) is 5.73 Å². The SMILES string of the molecule is Nc1c(C=C2C=CC(=O)C(O)=C2)c(=O)nc2sc(-c3cccnc3)nn12. The average Bonchev–Trinajstić information content (AvgIpc) is 3.06. The van der Waals surface area contributed by atoms with Crippen molar-refractivity contribution in [3.05, 3.63) is 70.0 Å². The maximum absolute atomic E-state index is 12.4. The highest BCUT2D eigenvalue weighted by atomic mass is 32.1. The first-order chi connectivity index (χ1) is 12.5. The van der Waals surface area contributed by atoms with Gasteiger partial charge < -0.3 is 10.8 Å². The topological polar surface area (TPSA) is 123 Å². The normalized spacial score (nSPS) is 15.6. The number of anilines is 1. The molecule has 0 atom stereocenters. The van der Waals surface area contributed by atoms with Gasteiger partial charge in [0.05, 0.1) is 5.56 Å². The molecule has 1 aliphatic rings. The minimum absolute atomic E-state index is 0.122. The molecule has 0 unspecified atom stereocenters. The highest BCUT2D eigenvalue weighted by Gasteiger charge is 2.16. The van der Waals surface area contributed by atoms with Gasteiger partial charge in [-0.15, -0.1) is 0 Å². The van der Waals surface area contributed by atoms with Crippen molar-refractivity contribution in [2.45, 2.75) is 0 Å². The van der Waals surface area contributed by atoms with Crippen LogP contribution in [0.25, 0.3) is 21.6 Å². The summed E-state index contributed by atoms with van der Waals surface area (Å²) in [5, 5.41) is 14.6. The van der Waals surface area contributed by atoms with Crippen molar-refractivity contribution in [3.63, 3.8) is 0 Å². The number of aromatic nitrogens is 4. The number of nitrogen functional groups attached to an aromatic ring is 1. The molecule has 0 fully saturated rings. The molecule has 1 aliphatic carbocycles. The van der Waals surface area contributed by atoms with Crippen molar-refractivity contribution in [3.8, 4) is 10.6 Å². The Morgan fingerprint density at radius 1 is 1.27 bits per heavy atom. The van der Waals surface area contributed by atoms with Gasteiger partial charge in [-0.3, -0.25) is 14.6 Å². The van der Waals surface area contributed by atoms with Crippen LogP contribution < -0.4 is 11.3 Å². The number of hydrogen-bond donors (Lipinski definition) is 2. The summed E-state index contributed by atoms with van der Waals surface area (Å²) in [5.74, 6) is -0.780. The van der Waals surface area contributed by atoms with E-state index in [9.17, 15) is 14.7 Å². The smallest absolute Gasteiger partial charge is 0.283 e. The van der Waals surface area contributed by atoms with E-state index >= 15 is 0 Å². The van der Waals surface area contributed by atoms with E-state index in [1.807, 2.05) is 6.07 Å². The number of fused-ring (bicyclic) bond motifs is 1. The Hall–Kier alpha value is -3.59. The Morgan fingerprint density at radius 2 is 2.12 bits per heavy atom. The van der Waals surface area contributed by atoms with Gasteiger partial charge in [0.25, 0.3) is 5.56 Å². The number of ketones is 1. The third kappa shape index (κ3) is 2.70. The lowest BCUT2D eigenvalue weighted by Gasteiger charge is -2.05. The van der Waals surface area contributed by atoms with Gasteiger partial charge in [-0.1, -0.05) is 17.4 Å². The molecule has 0 aromatic carbocycles. The molecule has 128 valence electrons. The Kier molecular flexibility index (Phi) is 3.70. The minimum atomic E-state index is -0.519. The molecule has 0 spiro atoms. The fourth-order valence-corrected chi connectivity index (χ4v) is 3.30. The number of hydrogen-bond acceptors (Lipinski definition) is 8. The van der Waals surface area contributed by atoms with Gasteiger partial charge in [-0.2, -0.15) is 14.6 Å². The zero-order chi connectivity index (χ0) is 18.3. The van der Waals surface area contributed by atoms with Crippen molar-refractivity contribution in [2.24, 2.45) is 0 Å². The van der Waals surface area contributed by atoms with Crippen LogP contribution in [0.1, 0.15) is 5.56 Å². The average molecular weight is 365 g/mol. The van der Waals surface area contributed by atoms with E-state index in [4.69, 9.17) is 5.73 Å². The van der Waals surface area contributed by atoms with Crippen LogP contribution in [0.3, 0.4) is 0 Å². The zero-order valence-corrected chi connectivity index (χ0v) is 14.0. The second kappa shape index (κ2) is 6.05. The summed E-state index contributed by atoms with van der Waals surface area (Å²) >= 11 is 1.22. The number of carbonyl (C=O) groups is 1. The van der Waals surface area contributed by atoms with Crippen LogP contribution in [0.15, 0.2) is 58.9 Å². The summed E-state index contributed by atoms with van der Waals surface area (Å²) in [4.78, 5) is 32.1. The summed E-state index contributed by atoms with van der Waals surface area (Å²) in [6.45, 7) is 0. The van der Waals surface area contributed by atoms with E-state index in [2.05, 4.69) is 15.1 Å². The first-order valence-electron chi connectivity index (χ1n) is 7.47. The van der Waals surface area contributed by atoms with Crippen LogP contribution in [0.2, 0.25) is 0 Å². The Balaban J connectivity index is 1.86. The molecule has 8 nitrogen and oxygen atoms in total. The molecule has 3 heterocycles. The van der Waals surface area contributed by atoms with Gasteiger partial charge in [-0.05, 0) is 35.9 Å². The number of pyridine rings is 1. The molecular weight excluding hydrogens is 354 g/mol. The van der Waals surface area contributed by atoms with Gasteiger partial charge in [0.15, 0.2) is 5.76 Å². The number of aliphatic hydroxyl groups excluding tert-OH is 1. The Bertz CT molecular complexity index is 1190. The minimum Gasteiger partial charge on any atom is -0.504 e. The lowest BCUT2D eigenvalue weighted by molar-refractivity contribution is -0.113. The van der Waals surface area contributed by atoms with E-state index in [1.54, 1.807) is 18.5 Å². The molecule has 0 saturated heterocycles. The van der Waals surface area contributed by atoms with E-state index in [0.29, 0.717) is 15.5 Å². The van der Waals surface area contributed by atoms with Gasteiger partial charge >= 0.3 is 0 Å². The lowest BCUT2D eigenvalue weighted by atomic mass is 10.1. The molecule has 0 amide bonds. The Morgan fingerprint density at radius 3 is 2.85 bits per heavy atom. The van der Waals surface area contributed by atoms with Gasteiger partial charge in [0.1, 0.15) is 10.8 Å². The molecule has 3 aromatic heterocycles. The van der Waals surface area contributed by atoms with Crippen LogP contribution in [0.5, 0.6) is 0 Å². The number of aliphatic hydroxyl groups is 1. The van der Waals surface area contributed by atoms with Crippen molar-refractivity contribution in [1.82, 2.24) is 19.6 Å². The number of nitrogens with two attached hydrogens (primary N) is 1. The van der Waals surface area contributed by atoms with Gasteiger partial charge in [-0.25, -0.2) is 0 Å². The largest absolute Gasteiger partial charge is 0.504 e. The zero-order valence-electron chi connectivity index (χ0n) is 13.2. The first-order valence-corrected chi connectivity index (χ1v) is 8.29. The quantitative estimate of drug-likeness (QED) is 0.709.